The average Bonchev–Trinajstić information content (AvgIpc) is 3.47. The molecule has 1 saturated heterocycles. The predicted octanol–water partition coefficient (Wildman–Crippen LogP) is 4.65. The van der Waals surface area contributed by atoms with Crippen LogP contribution >= 0.6 is 11.6 Å². The van der Waals surface area contributed by atoms with Gasteiger partial charge in [0, 0.05) is 48.7 Å². The number of cyclic esters (lactones) is 1. The molecule has 0 unspecified atom stereocenters. The number of carbonyl (C=O) groups excluding carboxylic acids is 2. The summed E-state index contributed by atoms with van der Waals surface area (Å²) < 4.78 is 11.0. The van der Waals surface area contributed by atoms with E-state index < -0.39 is 5.97 Å². The number of H-pyrrole nitrogens is 1. The van der Waals surface area contributed by atoms with E-state index in [-0.39, 0.29) is 18.0 Å². The molecular weight excluding hydrogens is 554 g/mol. The predicted molar refractivity (Wildman–Crippen MR) is 161 cm³/mol. The molecule has 4 heterocycles. The molecule has 9 nitrogen and oxygen atoms in total. The molecule has 1 amide bonds. The first-order chi connectivity index (χ1) is 20.4. The zero-order valence-corrected chi connectivity index (χ0v) is 24.5. The molecule has 3 atom stereocenters. The number of esters is 1. The number of halogens is 1. The van der Waals surface area contributed by atoms with Gasteiger partial charge in [0.25, 0.3) is 0 Å². The number of anilines is 2. The van der Waals surface area contributed by atoms with Gasteiger partial charge in [0.1, 0.15) is 5.56 Å². The number of nitrogens with zero attached hydrogens (tertiary/aromatic N) is 3. The number of pyridine rings is 1. The maximum Gasteiger partial charge on any atom is 0.342 e. The maximum absolute atomic E-state index is 13.1. The van der Waals surface area contributed by atoms with Crippen molar-refractivity contribution in [2.24, 2.45) is 5.92 Å². The fourth-order valence-electron chi connectivity index (χ4n) is 5.79. The molecule has 10 heteroatoms. The van der Waals surface area contributed by atoms with Crippen LogP contribution in [-0.4, -0.2) is 78.1 Å². The second kappa shape index (κ2) is 11.6. The number of ether oxygens (including phenoxy) is 2. The summed E-state index contributed by atoms with van der Waals surface area (Å²) in [5.41, 5.74) is 4.51. The Balaban J connectivity index is 1.37. The van der Waals surface area contributed by atoms with Crippen LogP contribution in [0, 0.1) is 17.8 Å². The Bertz CT molecular complexity index is 1640. The molecule has 1 saturated carbocycles. The first-order valence-electron chi connectivity index (χ1n) is 14.0. The summed E-state index contributed by atoms with van der Waals surface area (Å²) in [4.78, 5) is 37.8. The van der Waals surface area contributed by atoms with Crippen molar-refractivity contribution in [3.05, 3.63) is 70.7 Å². The standard InChI is InChI=1S/C32H32ClN5O4/c1-37(2)14-5-8-27(39)38-21(16-20-17-26(20)38)10-9-19-18-34-13-11-22(19)29-30(28-24(35-29)12-15-42-32(28)40)36-25-7-4-6-23(33)31(25)41-3/h4-8,11,13,18,20-21,26,35-36H,12,14-17H2,1-3H3/b8-5+/t20-,21-,26+/m1/s1. The number of aromatic amines is 1. The summed E-state index contributed by atoms with van der Waals surface area (Å²) in [5.74, 6) is 7.25. The molecule has 2 aromatic heterocycles. The molecule has 3 aliphatic rings. The number of piperidine rings is 1. The molecule has 2 N–H and O–H groups in total. The number of methoxy groups -OCH3 is 1. The highest BCUT2D eigenvalue weighted by Gasteiger charge is 2.53. The molecule has 1 aromatic carbocycles. The monoisotopic (exact) mass is 585 g/mol. The van der Waals surface area contributed by atoms with E-state index in [1.807, 2.05) is 48.2 Å². The highest BCUT2D eigenvalue weighted by molar-refractivity contribution is 6.32. The fourth-order valence-corrected chi connectivity index (χ4v) is 6.04. The minimum Gasteiger partial charge on any atom is -0.493 e. The van der Waals surface area contributed by atoms with Crippen LogP contribution in [0.15, 0.2) is 48.8 Å². The molecule has 6 rings (SSSR count). The smallest absolute Gasteiger partial charge is 0.342 e. The third-order valence-electron chi connectivity index (χ3n) is 7.85. The van der Waals surface area contributed by atoms with Crippen molar-refractivity contribution in [3.63, 3.8) is 0 Å². The molecule has 2 fully saturated rings. The Labute approximate surface area is 249 Å². The van der Waals surface area contributed by atoms with Crippen molar-refractivity contribution in [2.45, 2.75) is 31.3 Å². The molecule has 0 spiro atoms. The van der Waals surface area contributed by atoms with E-state index in [1.165, 1.54) is 0 Å². The third-order valence-corrected chi connectivity index (χ3v) is 8.15. The first kappa shape index (κ1) is 27.9. The average molecular weight is 586 g/mol. The molecular formula is C32H32ClN5O4. The molecule has 0 bridgehead atoms. The number of aromatic nitrogens is 2. The minimum absolute atomic E-state index is 0.00470. The summed E-state index contributed by atoms with van der Waals surface area (Å²) >= 11 is 6.39. The van der Waals surface area contributed by atoms with Crippen LogP contribution in [0.3, 0.4) is 0 Å². The molecule has 0 radical (unpaired) electrons. The van der Waals surface area contributed by atoms with Gasteiger partial charge in [0.15, 0.2) is 5.75 Å². The van der Waals surface area contributed by atoms with E-state index in [0.717, 1.165) is 24.1 Å². The Hall–Kier alpha value is -4.26. The summed E-state index contributed by atoms with van der Waals surface area (Å²) in [5, 5.41) is 3.82. The van der Waals surface area contributed by atoms with E-state index >= 15 is 0 Å². The van der Waals surface area contributed by atoms with Gasteiger partial charge in [-0.25, -0.2) is 4.79 Å². The van der Waals surface area contributed by atoms with Gasteiger partial charge in [-0.3, -0.25) is 9.78 Å². The topological polar surface area (TPSA) is 99.8 Å². The van der Waals surface area contributed by atoms with Crippen molar-refractivity contribution in [1.82, 2.24) is 19.8 Å². The maximum atomic E-state index is 13.1. The number of benzene rings is 1. The van der Waals surface area contributed by atoms with Gasteiger partial charge in [-0.1, -0.05) is 35.6 Å². The number of carbonyl (C=O) groups is 2. The molecule has 3 aromatic rings. The van der Waals surface area contributed by atoms with Gasteiger partial charge in [-0.15, -0.1) is 0 Å². The largest absolute Gasteiger partial charge is 0.493 e. The quantitative estimate of drug-likeness (QED) is 0.236. The summed E-state index contributed by atoms with van der Waals surface area (Å²) in [6.45, 7) is 1.000. The first-order valence-corrected chi connectivity index (χ1v) is 14.3. The van der Waals surface area contributed by atoms with Crippen LogP contribution in [0.25, 0.3) is 11.3 Å². The summed E-state index contributed by atoms with van der Waals surface area (Å²) in [7, 11) is 5.48. The van der Waals surface area contributed by atoms with E-state index in [4.69, 9.17) is 21.1 Å². The van der Waals surface area contributed by atoms with Gasteiger partial charge in [-0.2, -0.15) is 0 Å². The number of hydrogen-bond acceptors (Lipinski definition) is 7. The van der Waals surface area contributed by atoms with Crippen LogP contribution in [0.4, 0.5) is 11.4 Å². The Morgan fingerprint density at radius 1 is 1.33 bits per heavy atom. The number of likely N-dealkylation sites (N-methyl/N-ethyl adjacent to an activating group) is 1. The minimum atomic E-state index is -0.411. The lowest BCUT2D eigenvalue weighted by Crippen LogP contribution is -2.36. The second-order valence-corrected chi connectivity index (χ2v) is 11.4. The lowest BCUT2D eigenvalue weighted by molar-refractivity contribution is -0.126. The highest BCUT2D eigenvalue weighted by Crippen LogP contribution is 2.48. The van der Waals surface area contributed by atoms with E-state index in [2.05, 4.69) is 27.1 Å². The summed E-state index contributed by atoms with van der Waals surface area (Å²) in [6.07, 6.45) is 9.41. The SMILES string of the molecule is COc1c(Cl)cccc1Nc1c(-c2ccncc2C#C[C@@H]2C[C@@H]3C[C@@H]3N2C(=O)/C=C/CN(C)C)[nH]c2c1C(=O)OCC2. The summed E-state index contributed by atoms with van der Waals surface area (Å²) in [6, 6.07) is 7.34. The Morgan fingerprint density at radius 3 is 3.00 bits per heavy atom. The molecule has 42 heavy (non-hydrogen) atoms. The number of rotatable bonds is 7. The van der Waals surface area contributed by atoms with Crippen molar-refractivity contribution < 1.29 is 19.1 Å². The highest BCUT2D eigenvalue weighted by atomic mass is 35.5. The zero-order chi connectivity index (χ0) is 29.4. The third kappa shape index (κ3) is 5.36. The van der Waals surface area contributed by atoms with Crippen molar-refractivity contribution in [1.29, 1.82) is 0 Å². The number of para-hydroxylation sites is 1. The van der Waals surface area contributed by atoms with Gasteiger partial charge in [0.2, 0.25) is 5.91 Å². The van der Waals surface area contributed by atoms with Crippen molar-refractivity contribution >= 4 is 34.9 Å². The molecule has 2 aliphatic heterocycles. The number of nitrogens with one attached hydrogen (secondary N) is 2. The number of hydrogen-bond donors (Lipinski definition) is 2. The van der Waals surface area contributed by atoms with Gasteiger partial charge in [0.05, 0.1) is 47.4 Å². The molecule has 216 valence electrons. The van der Waals surface area contributed by atoms with E-state index in [9.17, 15) is 9.59 Å². The van der Waals surface area contributed by atoms with Crippen LogP contribution in [0.5, 0.6) is 5.75 Å². The van der Waals surface area contributed by atoms with Gasteiger partial charge < -0.3 is 29.6 Å². The molecule has 1 aliphatic carbocycles. The van der Waals surface area contributed by atoms with Crippen LogP contribution < -0.4 is 10.1 Å². The Kier molecular flexibility index (Phi) is 7.67. The normalized spacial score (nSPS) is 20.5. The van der Waals surface area contributed by atoms with Crippen LogP contribution in [0.1, 0.15) is 34.5 Å². The lowest BCUT2D eigenvalue weighted by Gasteiger charge is -2.22. The zero-order valence-electron chi connectivity index (χ0n) is 23.7. The van der Waals surface area contributed by atoms with Gasteiger partial charge in [-0.05, 0) is 51.1 Å². The van der Waals surface area contributed by atoms with Crippen LogP contribution in [-0.2, 0) is 16.0 Å². The lowest BCUT2D eigenvalue weighted by atomic mass is 10.0. The van der Waals surface area contributed by atoms with Crippen molar-refractivity contribution in [2.75, 3.05) is 39.7 Å². The van der Waals surface area contributed by atoms with Gasteiger partial charge >= 0.3 is 5.97 Å². The van der Waals surface area contributed by atoms with E-state index in [1.54, 1.807) is 31.6 Å². The number of likely N-dealkylation sites (tertiary alicyclic amines) is 1. The van der Waals surface area contributed by atoms with Crippen LogP contribution in [0.2, 0.25) is 5.02 Å². The van der Waals surface area contributed by atoms with E-state index in [0.29, 0.717) is 64.5 Å². The number of fused-ring (bicyclic) bond motifs is 2. The van der Waals surface area contributed by atoms with Crippen molar-refractivity contribution in [3.8, 4) is 28.8 Å². The Morgan fingerprint density at radius 2 is 2.19 bits per heavy atom. The number of amides is 1. The second-order valence-electron chi connectivity index (χ2n) is 11.0. The fraction of sp³-hybridized carbons (Fsp3) is 0.344.